The van der Waals surface area contributed by atoms with E-state index in [9.17, 15) is 9.59 Å². The molecule has 0 aliphatic heterocycles. The Labute approximate surface area is 89.2 Å². The van der Waals surface area contributed by atoms with Crippen LogP contribution in [0.4, 0.5) is 4.79 Å². The van der Waals surface area contributed by atoms with Crippen LogP contribution in [0.2, 0.25) is 0 Å². The maximum absolute atomic E-state index is 11.2. The van der Waals surface area contributed by atoms with Crippen molar-refractivity contribution in [3.63, 3.8) is 0 Å². The van der Waals surface area contributed by atoms with Gasteiger partial charge in [-0.2, -0.15) is 0 Å². The van der Waals surface area contributed by atoms with Gasteiger partial charge in [-0.05, 0) is 19.4 Å². The zero-order valence-electron chi connectivity index (χ0n) is 8.95. The van der Waals surface area contributed by atoms with Gasteiger partial charge in [0, 0.05) is 6.54 Å². The van der Waals surface area contributed by atoms with Gasteiger partial charge in [0.05, 0.1) is 0 Å². The normalized spacial score (nSPS) is 11.9. The first-order valence-electron chi connectivity index (χ1n) is 5.09. The van der Waals surface area contributed by atoms with Gasteiger partial charge in [0.15, 0.2) is 0 Å². The Bertz CT molecular complexity index is 209. The number of amides is 2. The fourth-order valence-corrected chi connectivity index (χ4v) is 1.06. The molecule has 6 heteroatoms. The first-order valence-corrected chi connectivity index (χ1v) is 5.09. The first-order chi connectivity index (χ1) is 7.11. The summed E-state index contributed by atoms with van der Waals surface area (Å²) in [6.45, 7) is 2.82. The van der Waals surface area contributed by atoms with Crippen LogP contribution in [0, 0.1) is 0 Å². The zero-order valence-corrected chi connectivity index (χ0v) is 8.95. The molecule has 0 aliphatic rings. The van der Waals surface area contributed by atoms with Crippen LogP contribution in [0.3, 0.4) is 0 Å². The van der Waals surface area contributed by atoms with E-state index in [0.717, 1.165) is 0 Å². The van der Waals surface area contributed by atoms with Crippen molar-refractivity contribution in [2.24, 2.45) is 5.73 Å². The number of rotatable bonds is 7. The van der Waals surface area contributed by atoms with Crippen molar-refractivity contribution in [3.8, 4) is 0 Å². The molecule has 0 aromatic heterocycles. The minimum absolute atomic E-state index is 0.430. The van der Waals surface area contributed by atoms with E-state index in [1.807, 2.05) is 6.92 Å². The number of carboxylic acid groups (broad SMARTS) is 1. The summed E-state index contributed by atoms with van der Waals surface area (Å²) in [6.07, 6.45) is 1.82. The third-order valence-corrected chi connectivity index (χ3v) is 1.85. The van der Waals surface area contributed by atoms with Crippen LogP contribution in [-0.2, 0) is 4.79 Å². The van der Waals surface area contributed by atoms with Crippen LogP contribution in [-0.4, -0.2) is 36.2 Å². The summed E-state index contributed by atoms with van der Waals surface area (Å²) in [5.74, 6) is -1.01. The highest BCUT2D eigenvalue weighted by atomic mass is 16.4. The van der Waals surface area contributed by atoms with Crippen molar-refractivity contribution in [3.05, 3.63) is 0 Å². The molecule has 0 aliphatic carbocycles. The Morgan fingerprint density at radius 3 is 2.60 bits per heavy atom. The molecule has 0 saturated carbocycles. The summed E-state index contributed by atoms with van der Waals surface area (Å²) < 4.78 is 0. The fourth-order valence-electron chi connectivity index (χ4n) is 1.06. The topological polar surface area (TPSA) is 104 Å². The molecule has 2 amide bonds. The van der Waals surface area contributed by atoms with Gasteiger partial charge in [-0.1, -0.05) is 13.3 Å². The number of carbonyl (C=O) groups is 2. The molecule has 0 heterocycles. The maximum Gasteiger partial charge on any atom is 0.326 e. The molecule has 5 N–H and O–H groups in total. The maximum atomic E-state index is 11.2. The lowest BCUT2D eigenvalue weighted by molar-refractivity contribution is -0.139. The SMILES string of the molecule is CCCC(NC(=O)NCCCN)C(=O)O. The van der Waals surface area contributed by atoms with E-state index in [-0.39, 0.29) is 0 Å². The van der Waals surface area contributed by atoms with E-state index < -0.39 is 18.0 Å². The van der Waals surface area contributed by atoms with Crippen molar-refractivity contribution in [1.29, 1.82) is 0 Å². The molecule has 0 bridgehead atoms. The summed E-state index contributed by atoms with van der Waals surface area (Å²) in [6, 6.07) is -1.27. The predicted octanol–water partition coefficient (Wildman–Crippen LogP) is -0.112. The van der Waals surface area contributed by atoms with Crippen LogP contribution >= 0.6 is 0 Å². The van der Waals surface area contributed by atoms with Crippen molar-refractivity contribution in [2.75, 3.05) is 13.1 Å². The monoisotopic (exact) mass is 217 g/mol. The molecule has 0 aromatic rings. The van der Waals surface area contributed by atoms with Gasteiger partial charge in [-0.15, -0.1) is 0 Å². The third kappa shape index (κ3) is 6.73. The second-order valence-corrected chi connectivity index (χ2v) is 3.22. The van der Waals surface area contributed by atoms with E-state index in [0.29, 0.717) is 32.4 Å². The molecular formula is C9H19N3O3. The van der Waals surface area contributed by atoms with E-state index in [1.54, 1.807) is 0 Å². The quantitative estimate of drug-likeness (QED) is 0.446. The summed E-state index contributed by atoms with van der Waals surface area (Å²) in [5.41, 5.74) is 5.25. The van der Waals surface area contributed by atoms with Crippen LogP contribution in [0.1, 0.15) is 26.2 Å². The molecule has 0 spiro atoms. The van der Waals surface area contributed by atoms with Crippen molar-refractivity contribution < 1.29 is 14.7 Å². The second kappa shape index (κ2) is 8.05. The van der Waals surface area contributed by atoms with Gasteiger partial charge in [-0.25, -0.2) is 9.59 Å². The molecule has 15 heavy (non-hydrogen) atoms. The first kappa shape index (κ1) is 13.7. The molecule has 0 fully saturated rings. The minimum atomic E-state index is -1.01. The van der Waals surface area contributed by atoms with Crippen molar-refractivity contribution in [2.45, 2.75) is 32.2 Å². The van der Waals surface area contributed by atoms with E-state index in [4.69, 9.17) is 10.8 Å². The molecule has 1 atom stereocenters. The number of nitrogens with two attached hydrogens (primary N) is 1. The highest BCUT2D eigenvalue weighted by molar-refractivity contribution is 5.82. The Balaban J connectivity index is 3.84. The number of urea groups is 1. The molecule has 0 radical (unpaired) electrons. The minimum Gasteiger partial charge on any atom is -0.480 e. The largest absolute Gasteiger partial charge is 0.480 e. The lowest BCUT2D eigenvalue weighted by Gasteiger charge is -2.13. The molecule has 6 nitrogen and oxygen atoms in total. The zero-order chi connectivity index (χ0) is 11.7. The molecule has 0 aromatic carbocycles. The molecule has 1 unspecified atom stereocenters. The van der Waals surface area contributed by atoms with Gasteiger partial charge in [0.25, 0.3) is 0 Å². The lowest BCUT2D eigenvalue weighted by Crippen LogP contribution is -2.46. The number of aliphatic carboxylic acids is 1. The van der Waals surface area contributed by atoms with Crippen LogP contribution in [0.15, 0.2) is 0 Å². The van der Waals surface area contributed by atoms with Crippen molar-refractivity contribution >= 4 is 12.0 Å². The number of carboxylic acids is 1. The highest BCUT2D eigenvalue weighted by Gasteiger charge is 2.17. The standard InChI is InChI=1S/C9H19N3O3/c1-2-4-7(8(13)14)12-9(15)11-6-3-5-10/h7H,2-6,10H2,1H3,(H,13,14)(H2,11,12,15). The number of carbonyl (C=O) groups excluding carboxylic acids is 1. The molecular weight excluding hydrogens is 198 g/mol. The second-order valence-electron chi connectivity index (χ2n) is 3.22. The Hall–Kier alpha value is -1.30. The lowest BCUT2D eigenvalue weighted by atomic mass is 10.2. The Morgan fingerprint density at radius 2 is 2.13 bits per heavy atom. The number of hydrogen-bond donors (Lipinski definition) is 4. The van der Waals surface area contributed by atoms with Gasteiger partial charge >= 0.3 is 12.0 Å². The summed E-state index contributed by atoms with van der Waals surface area (Å²) in [7, 11) is 0. The summed E-state index contributed by atoms with van der Waals surface area (Å²) in [5, 5.41) is 13.7. The Kier molecular flexibility index (Phi) is 7.35. The average Bonchev–Trinajstić information content (AvgIpc) is 2.17. The third-order valence-electron chi connectivity index (χ3n) is 1.85. The van der Waals surface area contributed by atoms with Gasteiger partial charge in [0.2, 0.25) is 0 Å². The predicted molar refractivity (Wildman–Crippen MR) is 56.5 cm³/mol. The molecule has 0 saturated heterocycles. The van der Waals surface area contributed by atoms with Gasteiger partial charge in [0.1, 0.15) is 6.04 Å². The van der Waals surface area contributed by atoms with E-state index >= 15 is 0 Å². The van der Waals surface area contributed by atoms with Crippen molar-refractivity contribution in [1.82, 2.24) is 10.6 Å². The van der Waals surface area contributed by atoms with E-state index in [1.165, 1.54) is 0 Å². The summed E-state index contributed by atoms with van der Waals surface area (Å²) >= 11 is 0. The number of hydrogen-bond acceptors (Lipinski definition) is 3. The molecule has 0 rings (SSSR count). The van der Waals surface area contributed by atoms with Crippen LogP contribution in [0.5, 0.6) is 0 Å². The average molecular weight is 217 g/mol. The van der Waals surface area contributed by atoms with Gasteiger partial charge in [-0.3, -0.25) is 0 Å². The van der Waals surface area contributed by atoms with Crippen LogP contribution < -0.4 is 16.4 Å². The smallest absolute Gasteiger partial charge is 0.326 e. The van der Waals surface area contributed by atoms with E-state index in [2.05, 4.69) is 10.6 Å². The highest BCUT2D eigenvalue weighted by Crippen LogP contribution is 1.96. The summed E-state index contributed by atoms with van der Waals surface area (Å²) in [4.78, 5) is 21.9. The molecule has 88 valence electrons. The fraction of sp³-hybridized carbons (Fsp3) is 0.778. The van der Waals surface area contributed by atoms with Gasteiger partial charge < -0.3 is 21.5 Å². The Morgan fingerprint density at radius 1 is 1.47 bits per heavy atom. The number of nitrogens with one attached hydrogen (secondary N) is 2. The van der Waals surface area contributed by atoms with Crippen LogP contribution in [0.25, 0.3) is 0 Å².